The lowest BCUT2D eigenvalue weighted by Crippen LogP contribution is -2.15. The molecule has 4 aromatic rings. The van der Waals surface area contributed by atoms with E-state index in [-0.39, 0.29) is 5.91 Å². The number of aryl methyl sites for hydroxylation is 1. The lowest BCUT2D eigenvalue weighted by molar-refractivity contribution is 0.102. The third-order valence-corrected chi connectivity index (χ3v) is 4.20. The van der Waals surface area contributed by atoms with Crippen molar-refractivity contribution in [3.63, 3.8) is 0 Å². The van der Waals surface area contributed by atoms with Gasteiger partial charge in [-0.05, 0) is 55.5 Å². The third kappa shape index (κ3) is 3.48. The normalized spacial score (nSPS) is 10.6. The summed E-state index contributed by atoms with van der Waals surface area (Å²) >= 11 is 0. The molecule has 0 spiro atoms. The number of fused-ring (bicyclic) bond motifs is 1. The van der Waals surface area contributed by atoms with E-state index in [0.717, 1.165) is 22.5 Å². The van der Waals surface area contributed by atoms with Gasteiger partial charge in [0.1, 0.15) is 11.6 Å². The molecule has 8 heteroatoms. The van der Waals surface area contributed by atoms with E-state index in [1.807, 2.05) is 43.3 Å². The van der Waals surface area contributed by atoms with E-state index in [1.165, 1.54) is 0 Å². The zero-order chi connectivity index (χ0) is 19.5. The highest BCUT2D eigenvalue weighted by Gasteiger charge is 2.16. The first-order valence-electron chi connectivity index (χ1n) is 8.63. The van der Waals surface area contributed by atoms with Gasteiger partial charge < -0.3 is 15.4 Å². The summed E-state index contributed by atoms with van der Waals surface area (Å²) in [6.45, 7) is 1.89. The number of H-pyrrole nitrogens is 1. The molecule has 0 bridgehead atoms. The van der Waals surface area contributed by atoms with Crippen LogP contribution in [0.2, 0.25) is 0 Å². The topological polar surface area (TPSA) is 105 Å². The van der Waals surface area contributed by atoms with Gasteiger partial charge in [0.25, 0.3) is 5.91 Å². The van der Waals surface area contributed by atoms with Gasteiger partial charge in [-0.1, -0.05) is 0 Å². The predicted octanol–water partition coefficient (Wildman–Crippen LogP) is 3.67. The average Bonchev–Trinajstić information content (AvgIpc) is 3.10. The quantitative estimate of drug-likeness (QED) is 0.492. The fraction of sp³-hybridized carbons (Fsp3) is 0.100. The number of amides is 1. The molecule has 0 aliphatic rings. The number of hydrogen-bond donors (Lipinski definition) is 3. The van der Waals surface area contributed by atoms with Crippen LogP contribution in [0.5, 0.6) is 5.75 Å². The molecule has 140 valence electrons. The van der Waals surface area contributed by atoms with Crippen molar-refractivity contribution in [3.05, 3.63) is 66.0 Å². The molecule has 1 amide bonds. The Balaban J connectivity index is 1.58. The minimum Gasteiger partial charge on any atom is -0.497 e. The van der Waals surface area contributed by atoms with Gasteiger partial charge in [-0.2, -0.15) is 5.10 Å². The maximum atomic E-state index is 12.8. The third-order valence-electron chi connectivity index (χ3n) is 4.20. The molecular weight excluding hydrogens is 356 g/mol. The Kier molecular flexibility index (Phi) is 4.59. The summed E-state index contributed by atoms with van der Waals surface area (Å²) in [6, 6.07) is 14.5. The van der Waals surface area contributed by atoms with Crippen LogP contribution in [-0.2, 0) is 0 Å². The molecule has 28 heavy (non-hydrogen) atoms. The van der Waals surface area contributed by atoms with E-state index >= 15 is 0 Å². The molecule has 0 radical (unpaired) electrons. The van der Waals surface area contributed by atoms with Crippen LogP contribution in [0.15, 0.2) is 54.7 Å². The fourth-order valence-corrected chi connectivity index (χ4v) is 2.77. The van der Waals surface area contributed by atoms with Crippen LogP contribution in [-0.4, -0.2) is 33.2 Å². The zero-order valence-corrected chi connectivity index (χ0v) is 15.4. The second-order valence-corrected chi connectivity index (χ2v) is 6.13. The number of ether oxygens (including phenoxy) is 1. The number of hydrogen-bond acceptors (Lipinski definition) is 6. The van der Waals surface area contributed by atoms with Gasteiger partial charge in [-0.3, -0.25) is 9.89 Å². The molecule has 0 aliphatic heterocycles. The van der Waals surface area contributed by atoms with E-state index in [1.54, 1.807) is 25.4 Å². The van der Waals surface area contributed by atoms with Gasteiger partial charge in [-0.15, -0.1) is 0 Å². The van der Waals surface area contributed by atoms with Crippen molar-refractivity contribution in [3.8, 4) is 5.75 Å². The molecular formula is C20H18N6O2. The molecule has 0 saturated heterocycles. The van der Waals surface area contributed by atoms with Gasteiger partial charge in [0.15, 0.2) is 11.5 Å². The molecule has 3 aromatic heterocycles. The van der Waals surface area contributed by atoms with Crippen molar-refractivity contribution in [2.45, 2.75) is 6.92 Å². The predicted molar refractivity (Wildman–Crippen MR) is 107 cm³/mol. The largest absolute Gasteiger partial charge is 0.497 e. The minimum absolute atomic E-state index is 0.321. The van der Waals surface area contributed by atoms with Crippen LogP contribution in [0.25, 0.3) is 11.0 Å². The number of rotatable bonds is 5. The highest BCUT2D eigenvalue weighted by molar-refractivity contribution is 6.10. The number of nitrogens with zero attached hydrogens (tertiary/aromatic N) is 3. The Bertz CT molecular complexity index is 1140. The van der Waals surface area contributed by atoms with Crippen molar-refractivity contribution < 1.29 is 9.53 Å². The van der Waals surface area contributed by atoms with Gasteiger partial charge in [0.2, 0.25) is 0 Å². The van der Waals surface area contributed by atoms with Crippen molar-refractivity contribution >= 4 is 34.3 Å². The highest BCUT2D eigenvalue weighted by atomic mass is 16.5. The molecule has 4 rings (SSSR count). The Hall–Kier alpha value is -3.94. The molecule has 3 N–H and O–H groups in total. The zero-order valence-electron chi connectivity index (χ0n) is 15.4. The monoisotopic (exact) mass is 374 g/mol. The molecule has 0 unspecified atom stereocenters. The number of aromatic nitrogens is 4. The number of anilines is 3. The van der Waals surface area contributed by atoms with Crippen LogP contribution in [0, 0.1) is 6.92 Å². The van der Waals surface area contributed by atoms with Gasteiger partial charge in [-0.25, -0.2) is 9.97 Å². The Morgan fingerprint density at radius 1 is 1.07 bits per heavy atom. The van der Waals surface area contributed by atoms with Crippen LogP contribution in [0.4, 0.5) is 17.3 Å². The summed E-state index contributed by atoms with van der Waals surface area (Å²) in [6.07, 6.45) is 1.62. The average molecular weight is 374 g/mol. The molecule has 0 saturated carbocycles. The summed E-state index contributed by atoms with van der Waals surface area (Å²) in [5.74, 6) is 1.29. The maximum Gasteiger partial charge on any atom is 0.260 e. The fourth-order valence-electron chi connectivity index (χ4n) is 2.77. The van der Waals surface area contributed by atoms with E-state index in [2.05, 4.69) is 30.8 Å². The van der Waals surface area contributed by atoms with Crippen LogP contribution in [0.3, 0.4) is 0 Å². The summed E-state index contributed by atoms with van der Waals surface area (Å²) in [5, 5.41) is 13.7. The summed E-state index contributed by atoms with van der Waals surface area (Å²) < 4.78 is 5.16. The standard InChI is InChI=1S/C20H18N6O2/c1-12-5-10-15-18(22-12)25-26-19(15)24-20(27)16-4-3-11-21-17(16)23-13-6-8-14(28-2)9-7-13/h3-11H,1-2H3,(H,21,23)(H2,22,24,25,26,27). The summed E-state index contributed by atoms with van der Waals surface area (Å²) in [7, 11) is 1.61. The van der Waals surface area contributed by atoms with E-state index in [0.29, 0.717) is 22.8 Å². The molecule has 3 heterocycles. The SMILES string of the molecule is COc1ccc(Nc2ncccc2C(=O)Nc2n[nH]c3nc(C)ccc23)cc1. The second kappa shape index (κ2) is 7.36. The second-order valence-electron chi connectivity index (χ2n) is 6.13. The lowest BCUT2D eigenvalue weighted by Gasteiger charge is -2.11. The minimum atomic E-state index is -0.321. The van der Waals surface area contributed by atoms with Crippen LogP contribution < -0.4 is 15.4 Å². The number of aromatic amines is 1. The first-order chi connectivity index (χ1) is 13.6. The molecule has 0 aliphatic carbocycles. The molecule has 1 aromatic carbocycles. The number of carbonyl (C=O) groups excluding carboxylic acids is 1. The van der Waals surface area contributed by atoms with Gasteiger partial charge in [0, 0.05) is 17.6 Å². The van der Waals surface area contributed by atoms with Crippen LogP contribution >= 0.6 is 0 Å². The molecule has 8 nitrogen and oxygen atoms in total. The number of pyridine rings is 2. The van der Waals surface area contributed by atoms with E-state index < -0.39 is 0 Å². The highest BCUT2D eigenvalue weighted by Crippen LogP contribution is 2.23. The number of nitrogens with one attached hydrogen (secondary N) is 3. The van der Waals surface area contributed by atoms with Gasteiger partial charge >= 0.3 is 0 Å². The number of benzene rings is 1. The smallest absolute Gasteiger partial charge is 0.260 e. The van der Waals surface area contributed by atoms with Crippen LogP contribution in [0.1, 0.15) is 16.1 Å². The van der Waals surface area contributed by atoms with E-state index in [4.69, 9.17) is 4.74 Å². The van der Waals surface area contributed by atoms with Gasteiger partial charge in [0.05, 0.1) is 18.1 Å². The molecule has 0 atom stereocenters. The Morgan fingerprint density at radius 3 is 2.68 bits per heavy atom. The van der Waals surface area contributed by atoms with Crippen molar-refractivity contribution in [1.29, 1.82) is 0 Å². The van der Waals surface area contributed by atoms with Crippen molar-refractivity contribution in [2.75, 3.05) is 17.7 Å². The summed E-state index contributed by atoms with van der Waals surface area (Å²) in [4.78, 5) is 21.5. The first kappa shape index (κ1) is 17.5. The number of methoxy groups -OCH3 is 1. The maximum absolute atomic E-state index is 12.8. The van der Waals surface area contributed by atoms with Crippen molar-refractivity contribution in [1.82, 2.24) is 20.2 Å². The first-order valence-corrected chi connectivity index (χ1v) is 8.63. The van der Waals surface area contributed by atoms with E-state index in [9.17, 15) is 4.79 Å². The summed E-state index contributed by atoms with van der Waals surface area (Å²) in [5.41, 5.74) is 2.68. The Labute approximate surface area is 161 Å². The number of carbonyl (C=O) groups is 1. The van der Waals surface area contributed by atoms with Crippen molar-refractivity contribution in [2.24, 2.45) is 0 Å². The lowest BCUT2D eigenvalue weighted by atomic mass is 10.2. The molecule has 0 fully saturated rings. The Morgan fingerprint density at radius 2 is 1.89 bits per heavy atom.